The first-order valence-corrected chi connectivity index (χ1v) is 16.5. The maximum absolute atomic E-state index is 3.14. The second-order valence-corrected chi connectivity index (χ2v) is 18.6. The number of benzene rings is 4. The molecule has 0 aliphatic rings. The van der Waals surface area contributed by atoms with Crippen LogP contribution in [-0.4, -0.2) is 18.4 Å². The van der Waals surface area contributed by atoms with E-state index in [4.69, 9.17) is 0 Å². The fourth-order valence-corrected chi connectivity index (χ4v) is 17.0. The van der Waals surface area contributed by atoms with Crippen molar-refractivity contribution in [2.45, 2.75) is 10.9 Å². The van der Waals surface area contributed by atoms with Crippen molar-refractivity contribution in [3.05, 3.63) is 139 Å². The van der Waals surface area contributed by atoms with Crippen LogP contribution in [0, 0.1) is 0 Å². The molecule has 29 heavy (non-hydrogen) atoms. The second-order valence-electron chi connectivity index (χ2n) is 7.37. The van der Waals surface area contributed by atoms with Gasteiger partial charge in [0.25, 0.3) is 0 Å². The summed E-state index contributed by atoms with van der Waals surface area (Å²) in [4.78, 5) is 0. The van der Waals surface area contributed by atoms with E-state index in [1.54, 1.807) is 0 Å². The molecule has 0 amide bonds. The molecule has 0 aromatic heterocycles. The fraction of sp³-hybridized carbons (Fsp3) is 0.0714. The minimum absolute atomic E-state index is 0.987. The van der Waals surface area contributed by atoms with Crippen molar-refractivity contribution in [2.75, 3.05) is 0 Å². The van der Waals surface area contributed by atoms with Crippen LogP contribution in [0.2, 0.25) is 4.44 Å². The molecule has 0 atom stereocenters. The van der Waals surface area contributed by atoms with E-state index in [1.807, 2.05) is 0 Å². The molecule has 0 N–H and O–H groups in total. The molecule has 0 heterocycles. The first-order chi connectivity index (χ1) is 14.4. The zero-order valence-corrected chi connectivity index (χ0v) is 19.5. The summed E-state index contributed by atoms with van der Waals surface area (Å²) in [5.41, 5.74) is 1.36. The van der Waals surface area contributed by atoms with Crippen molar-refractivity contribution in [1.82, 2.24) is 0 Å². The van der Waals surface area contributed by atoms with Gasteiger partial charge in [-0.05, 0) is 0 Å². The van der Waals surface area contributed by atoms with E-state index in [0.29, 0.717) is 0 Å². The molecule has 0 bridgehead atoms. The Kier molecular flexibility index (Phi) is 6.63. The Morgan fingerprint density at radius 1 is 0.448 bits per heavy atom. The monoisotopic (exact) mass is 482 g/mol. The predicted octanol–water partition coefficient (Wildman–Crippen LogP) is 4.96. The molecule has 0 fully saturated rings. The van der Waals surface area contributed by atoms with Gasteiger partial charge in [0.2, 0.25) is 0 Å². The van der Waals surface area contributed by atoms with Gasteiger partial charge in [-0.2, -0.15) is 0 Å². The number of allylic oxidation sites excluding steroid dienone is 2. The van der Waals surface area contributed by atoms with Crippen LogP contribution >= 0.6 is 0 Å². The van der Waals surface area contributed by atoms with Crippen molar-refractivity contribution < 1.29 is 0 Å². The van der Waals surface area contributed by atoms with Crippen LogP contribution < -0.4 is 10.7 Å². The molecule has 0 saturated heterocycles. The van der Waals surface area contributed by atoms with Gasteiger partial charge in [0.1, 0.15) is 0 Å². The molecule has 0 radical (unpaired) electrons. The third kappa shape index (κ3) is 4.54. The molecule has 0 aliphatic carbocycles. The average molecular weight is 481 g/mol. The van der Waals surface area contributed by atoms with E-state index in [0.717, 1.165) is 10.9 Å². The number of hydrogen-bond acceptors (Lipinski definition) is 0. The Balaban J connectivity index is 1.77. The number of rotatable bonds is 7. The summed E-state index contributed by atoms with van der Waals surface area (Å²) in [6, 6.07) is 44.4. The SMILES string of the molecule is C(=C\[CH2][Sn]([c]1ccccc1)([c]1ccccc1)[c]1ccccc1)/Cc1ccccc1. The normalized spacial score (nSPS) is 11.6. The summed E-state index contributed by atoms with van der Waals surface area (Å²) < 4.78 is 5.72. The summed E-state index contributed by atoms with van der Waals surface area (Å²) in [7, 11) is 0. The quantitative estimate of drug-likeness (QED) is 0.259. The molecule has 4 aromatic rings. The first-order valence-electron chi connectivity index (χ1n) is 10.2. The minimum atomic E-state index is -3.14. The molecule has 0 aliphatic heterocycles. The van der Waals surface area contributed by atoms with Crippen molar-refractivity contribution >= 4 is 29.1 Å². The van der Waals surface area contributed by atoms with Gasteiger partial charge >= 0.3 is 179 Å². The third-order valence-electron chi connectivity index (χ3n) is 5.59. The van der Waals surface area contributed by atoms with E-state index in [2.05, 4.69) is 133 Å². The van der Waals surface area contributed by atoms with Gasteiger partial charge in [0.15, 0.2) is 0 Å². The fourth-order valence-electron chi connectivity index (χ4n) is 4.12. The molecule has 0 spiro atoms. The molecule has 4 aromatic carbocycles. The van der Waals surface area contributed by atoms with E-state index >= 15 is 0 Å². The third-order valence-corrected chi connectivity index (χ3v) is 19.3. The van der Waals surface area contributed by atoms with Crippen molar-refractivity contribution in [3.63, 3.8) is 0 Å². The van der Waals surface area contributed by atoms with E-state index in [1.165, 1.54) is 16.3 Å². The number of hydrogen-bond donors (Lipinski definition) is 0. The van der Waals surface area contributed by atoms with Crippen LogP contribution in [0.1, 0.15) is 5.56 Å². The van der Waals surface area contributed by atoms with Gasteiger partial charge in [-0.1, -0.05) is 0 Å². The second kappa shape index (κ2) is 9.75. The molecule has 4 rings (SSSR count). The average Bonchev–Trinajstić information content (AvgIpc) is 2.82. The van der Waals surface area contributed by atoms with Gasteiger partial charge in [0.05, 0.1) is 0 Å². The summed E-state index contributed by atoms with van der Waals surface area (Å²) in [6.45, 7) is 0. The van der Waals surface area contributed by atoms with Crippen LogP contribution in [0.5, 0.6) is 0 Å². The standard InChI is InChI=1S/C10H11.3C6H5.Sn/c1-2-3-7-10-8-5-4-6-9-10;3*1-2-4-6-5-3-1;/h2-6,8-9H,1,7H2;3*1-5H;/b3-2+;;;;. The van der Waals surface area contributed by atoms with E-state index in [-0.39, 0.29) is 0 Å². The zero-order valence-electron chi connectivity index (χ0n) is 16.6. The molecule has 0 unspecified atom stereocenters. The van der Waals surface area contributed by atoms with Crippen LogP contribution in [-0.2, 0) is 6.42 Å². The van der Waals surface area contributed by atoms with Crippen LogP contribution in [0.15, 0.2) is 133 Å². The first kappa shape index (κ1) is 19.7. The molecule has 0 nitrogen and oxygen atoms in total. The topological polar surface area (TPSA) is 0 Å². The van der Waals surface area contributed by atoms with Crippen molar-refractivity contribution in [2.24, 2.45) is 0 Å². The van der Waals surface area contributed by atoms with E-state index in [9.17, 15) is 0 Å². The van der Waals surface area contributed by atoms with Gasteiger partial charge in [0, 0.05) is 0 Å². The summed E-state index contributed by atoms with van der Waals surface area (Å²) in [6.07, 6.45) is 5.78. The van der Waals surface area contributed by atoms with Crippen molar-refractivity contribution in [3.8, 4) is 0 Å². The molecular formula is C28H26Sn. The Hall–Kier alpha value is -2.58. The Morgan fingerprint density at radius 3 is 1.24 bits per heavy atom. The van der Waals surface area contributed by atoms with Gasteiger partial charge in [-0.3, -0.25) is 0 Å². The molecule has 0 saturated carbocycles. The van der Waals surface area contributed by atoms with E-state index < -0.39 is 18.4 Å². The van der Waals surface area contributed by atoms with Gasteiger partial charge < -0.3 is 0 Å². The van der Waals surface area contributed by atoms with Crippen LogP contribution in [0.25, 0.3) is 0 Å². The van der Waals surface area contributed by atoms with Crippen LogP contribution in [0.4, 0.5) is 0 Å². The summed E-state index contributed by atoms with van der Waals surface area (Å²) >= 11 is -3.14. The Labute approximate surface area is 178 Å². The molecule has 142 valence electrons. The zero-order chi connectivity index (χ0) is 19.8. The summed E-state index contributed by atoms with van der Waals surface area (Å²) in [5, 5.41) is 0. The van der Waals surface area contributed by atoms with Crippen LogP contribution in [0.3, 0.4) is 0 Å². The maximum atomic E-state index is 2.44. The Morgan fingerprint density at radius 2 is 0.828 bits per heavy atom. The summed E-state index contributed by atoms with van der Waals surface area (Å²) in [5.74, 6) is 0. The predicted molar refractivity (Wildman–Crippen MR) is 128 cm³/mol. The van der Waals surface area contributed by atoms with Gasteiger partial charge in [-0.15, -0.1) is 0 Å². The molecular weight excluding hydrogens is 455 g/mol. The van der Waals surface area contributed by atoms with Gasteiger partial charge in [-0.25, -0.2) is 0 Å². The van der Waals surface area contributed by atoms with Crippen molar-refractivity contribution in [1.29, 1.82) is 0 Å². The molecule has 1 heteroatoms. The Bertz CT molecular complexity index is 926.